The van der Waals surface area contributed by atoms with Crippen LogP contribution in [0.25, 0.3) is 0 Å². The zero-order chi connectivity index (χ0) is 15.2. The lowest BCUT2D eigenvalue weighted by atomic mass is 10.00. The van der Waals surface area contributed by atoms with Crippen molar-refractivity contribution in [2.45, 2.75) is 37.5 Å². The first-order valence-electron chi connectivity index (χ1n) is 7.91. The molecule has 4 nitrogen and oxygen atoms in total. The molecule has 0 atom stereocenters. The average molecular weight is 317 g/mol. The number of hydrogen-bond donors (Lipinski definition) is 0. The normalized spacial score (nSPS) is 16.0. The van der Waals surface area contributed by atoms with Crippen LogP contribution < -0.4 is 0 Å². The molecule has 0 radical (unpaired) electrons. The minimum Gasteiger partial charge on any atom is -0.381 e. The van der Waals surface area contributed by atoms with Crippen molar-refractivity contribution in [2.75, 3.05) is 19.5 Å². The SMILES string of the molecule is CSCc1nc(C2CCOCC2)nn1CCc1ccccc1. The smallest absolute Gasteiger partial charge is 0.154 e. The number of thioether (sulfide) groups is 1. The van der Waals surface area contributed by atoms with Crippen molar-refractivity contribution < 1.29 is 4.74 Å². The maximum atomic E-state index is 5.44. The molecule has 22 heavy (non-hydrogen) atoms. The Hall–Kier alpha value is -1.33. The van der Waals surface area contributed by atoms with Crippen molar-refractivity contribution in [2.24, 2.45) is 0 Å². The summed E-state index contributed by atoms with van der Waals surface area (Å²) in [5.74, 6) is 3.50. The summed E-state index contributed by atoms with van der Waals surface area (Å²) < 4.78 is 7.55. The van der Waals surface area contributed by atoms with Crippen molar-refractivity contribution in [3.05, 3.63) is 47.5 Å². The predicted molar refractivity (Wildman–Crippen MR) is 90.2 cm³/mol. The first kappa shape index (κ1) is 15.6. The van der Waals surface area contributed by atoms with Gasteiger partial charge in [0.1, 0.15) is 5.82 Å². The number of nitrogens with zero attached hydrogens (tertiary/aromatic N) is 3. The van der Waals surface area contributed by atoms with E-state index < -0.39 is 0 Å². The molecule has 0 amide bonds. The molecule has 1 fully saturated rings. The van der Waals surface area contributed by atoms with E-state index >= 15 is 0 Å². The average Bonchev–Trinajstić information content (AvgIpc) is 2.98. The van der Waals surface area contributed by atoms with Gasteiger partial charge in [0.25, 0.3) is 0 Å². The standard InChI is InChI=1S/C17H23N3OS/c1-22-13-16-18-17(15-8-11-21-12-9-15)19-20(16)10-7-14-5-3-2-4-6-14/h2-6,15H,7-13H2,1H3. The van der Waals surface area contributed by atoms with Gasteiger partial charge in [-0.05, 0) is 31.1 Å². The summed E-state index contributed by atoms with van der Waals surface area (Å²) in [5, 5.41) is 4.80. The highest BCUT2D eigenvalue weighted by Crippen LogP contribution is 2.25. The Bertz CT molecular complexity index is 579. The van der Waals surface area contributed by atoms with E-state index in [2.05, 4.69) is 41.3 Å². The lowest BCUT2D eigenvalue weighted by Crippen LogP contribution is -2.15. The predicted octanol–water partition coefficient (Wildman–Crippen LogP) is 3.28. The van der Waals surface area contributed by atoms with Gasteiger partial charge in [0.05, 0.1) is 5.75 Å². The van der Waals surface area contributed by atoms with Gasteiger partial charge < -0.3 is 4.74 Å². The third-order valence-corrected chi connectivity index (χ3v) is 4.63. The van der Waals surface area contributed by atoms with Crippen LogP contribution >= 0.6 is 11.8 Å². The Balaban J connectivity index is 1.72. The quantitative estimate of drug-likeness (QED) is 0.820. The van der Waals surface area contributed by atoms with Gasteiger partial charge in [-0.1, -0.05) is 30.3 Å². The van der Waals surface area contributed by atoms with Gasteiger partial charge in [0.15, 0.2) is 5.82 Å². The number of rotatable bonds is 6. The maximum Gasteiger partial charge on any atom is 0.154 e. The van der Waals surface area contributed by atoms with E-state index in [1.165, 1.54) is 5.56 Å². The van der Waals surface area contributed by atoms with Crippen molar-refractivity contribution in [1.29, 1.82) is 0 Å². The van der Waals surface area contributed by atoms with E-state index in [-0.39, 0.29) is 0 Å². The van der Waals surface area contributed by atoms with Crippen molar-refractivity contribution >= 4 is 11.8 Å². The fraction of sp³-hybridized carbons (Fsp3) is 0.529. The third-order valence-electron chi connectivity index (χ3n) is 4.08. The summed E-state index contributed by atoms with van der Waals surface area (Å²) in [6, 6.07) is 10.6. The minimum absolute atomic E-state index is 0.465. The Morgan fingerprint density at radius 2 is 2.00 bits per heavy atom. The topological polar surface area (TPSA) is 39.9 Å². The molecule has 1 aromatic heterocycles. The lowest BCUT2D eigenvalue weighted by molar-refractivity contribution is 0.0835. The van der Waals surface area contributed by atoms with Crippen LogP contribution in [0.1, 0.15) is 36.0 Å². The molecule has 0 spiro atoms. The molecule has 1 aliphatic rings. The van der Waals surface area contributed by atoms with Crippen LogP contribution in [0, 0.1) is 0 Å². The molecular formula is C17H23N3OS. The van der Waals surface area contributed by atoms with Crippen molar-refractivity contribution in [1.82, 2.24) is 14.8 Å². The Morgan fingerprint density at radius 1 is 1.23 bits per heavy atom. The van der Waals surface area contributed by atoms with Gasteiger partial charge in [-0.2, -0.15) is 16.9 Å². The summed E-state index contributed by atoms with van der Waals surface area (Å²) >= 11 is 1.80. The largest absolute Gasteiger partial charge is 0.381 e. The molecule has 2 heterocycles. The van der Waals surface area contributed by atoms with Gasteiger partial charge in [-0.25, -0.2) is 9.67 Å². The summed E-state index contributed by atoms with van der Waals surface area (Å²) in [4.78, 5) is 4.81. The molecule has 0 saturated carbocycles. The summed E-state index contributed by atoms with van der Waals surface area (Å²) in [6.45, 7) is 2.57. The Morgan fingerprint density at radius 3 is 2.73 bits per heavy atom. The van der Waals surface area contributed by atoms with E-state index in [1.54, 1.807) is 11.8 Å². The lowest BCUT2D eigenvalue weighted by Gasteiger charge is -2.18. The molecule has 118 valence electrons. The highest BCUT2D eigenvalue weighted by atomic mass is 32.2. The number of aromatic nitrogens is 3. The van der Waals surface area contributed by atoms with Crippen LogP contribution in [0.3, 0.4) is 0 Å². The number of benzene rings is 1. The van der Waals surface area contributed by atoms with E-state index in [4.69, 9.17) is 14.8 Å². The van der Waals surface area contributed by atoms with Gasteiger partial charge in [0.2, 0.25) is 0 Å². The number of aryl methyl sites for hydroxylation is 2. The molecule has 3 rings (SSSR count). The molecule has 0 unspecified atom stereocenters. The molecule has 1 aliphatic heterocycles. The van der Waals surface area contributed by atoms with Crippen LogP contribution in [-0.2, 0) is 23.5 Å². The van der Waals surface area contributed by atoms with Gasteiger partial charge >= 0.3 is 0 Å². The Labute approximate surface area is 136 Å². The minimum atomic E-state index is 0.465. The second-order valence-corrected chi connectivity index (χ2v) is 6.53. The Kier molecular flexibility index (Phi) is 5.51. The maximum absolute atomic E-state index is 5.44. The first-order valence-corrected chi connectivity index (χ1v) is 9.30. The zero-order valence-electron chi connectivity index (χ0n) is 13.1. The molecule has 2 aromatic rings. The molecule has 1 aromatic carbocycles. The summed E-state index contributed by atoms with van der Waals surface area (Å²) in [5.41, 5.74) is 1.35. The molecule has 0 bridgehead atoms. The molecule has 0 aliphatic carbocycles. The van der Waals surface area contributed by atoms with Gasteiger partial charge in [-0.3, -0.25) is 0 Å². The molecular weight excluding hydrogens is 294 g/mol. The first-order chi connectivity index (χ1) is 10.9. The van der Waals surface area contributed by atoms with E-state index in [1.807, 2.05) is 0 Å². The fourth-order valence-electron chi connectivity index (χ4n) is 2.82. The number of ether oxygens (including phenoxy) is 1. The van der Waals surface area contributed by atoms with Gasteiger partial charge in [0, 0.05) is 25.7 Å². The third kappa shape index (κ3) is 3.90. The van der Waals surface area contributed by atoms with E-state index in [9.17, 15) is 0 Å². The van der Waals surface area contributed by atoms with Gasteiger partial charge in [-0.15, -0.1) is 0 Å². The van der Waals surface area contributed by atoms with Crippen LogP contribution in [0.4, 0.5) is 0 Å². The highest BCUT2D eigenvalue weighted by Gasteiger charge is 2.21. The summed E-state index contributed by atoms with van der Waals surface area (Å²) in [6.07, 6.45) is 5.20. The zero-order valence-corrected chi connectivity index (χ0v) is 13.9. The molecule has 1 saturated heterocycles. The van der Waals surface area contributed by atoms with Crippen LogP contribution in [-0.4, -0.2) is 34.2 Å². The van der Waals surface area contributed by atoms with Crippen LogP contribution in [0.2, 0.25) is 0 Å². The van der Waals surface area contributed by atoms with E-state index in [0.29, 0.717) is 5.92 Å². The molecule has 5 heteroatoms. The molecule has 0 N–H and O–H groups in total. The number of hydrogen-bond acceptors (Lipinski definition) is 4. The fourth-order valence-corrected chi connectivity index (χ4v) is 3.29. The second-order valence-electron chi connectivity index (χ2n) is 5.66. The van der Waals surface area contributed by atoms with Crippen molar-refractivity contribution in [3.8, 4) is 0 Å². The summed E-state index contributed by atoms with van der Waals surface area (Å²) in [7, 11) is 0. The van der Waals surface area contributed by atoms with Crippen LogP contribution in [0.5, 0.6) is 0 Å². The van der Waals surface area contributed by atoms with Crippen molar-refractivity contribution in [3.63, 3.8) is 0 Å². The van der Waals surface area contributed by atoms with Crippen LogP contribution in [0.15, 0.2) is 30.3 Å². The monoisotopic (exact) mass is 317 g/mol. The highest BCUT2D eigenvalue weighted by molar-refractivity contribution is 7.97. The van der Waals surface area contributed by atoms with E-state index in [0.717, 1.165) is 56.4 Å². The second kappa shape index (κ2) is 7.79.